The highest BCUT2D eigenvalue weighted by molar-refractivity contribution is 7.13. The third kappa shape index (κ3) is 2.23. The van der Waals surface area contributed by atoms with Gasteiger partial charge in [0.1, 0.15) is 22.1 Å². The van der Waals surface area contributed by atoms with Gasteiger partial charge in [-0.25, -0.2) is 9.78 Å². The van der Waals surface area contributed by atoms with E-state index in [0.29, 0.717) is 11.5 Å². The minimum atomic E-state index is -0.576. The summed E-state index contributed by atoms with van der Waals surface area (Å²) in [5.41, 5.74) is 0.932. The van der Waals surface area contributed by atoms with Crippen molar-refractivity contribution in [3.63, 3.8) is 0 Å². The molecule has 0 atom stereocenters. The van der Waals surface area contributed by atoms with Crippen LogP contribution in [0, 0.1) is 6.92 Å². The van der Waals surface area contributed by atoms with Gasteiger partial charge >= 0.3 is 5.63 Å². The van der Waals surface area contributed by atoms with Gasteiger partial charge in [0.05, 0.1) is 5.69 Å². The minimum absolute atomic E-state index is 0.106. The maximum absolute atomic E-state index is 11.8. The summed E-state index contributed by atoms with van der Waals surface area (Å²) in [6.07, 6.45) is 0. The van der Waals surface area contributed by atoms with Gasteiger partial charge in [0, 0.05) is 17.0 Å². The molecule has 0 aliphatic carbocycles. The first-order valence-corrected chi connectivity index (χ1v) is 6.88. The van der Waals surface area contributed by atoms with E-state index in [1.165, 1.54) is 17.4 Å². The van der Waals surface area contributed by atoms with Crippen molar-refractivity contribution in [1.82, 2.24) is 4.98 Å². The predicted molar refractivity (Wildman–Crippen MR) is 77.9 cm³/mol. The Morgan fingerprint density at radius 2 is 2.00 bits per heavy atom. The van der Waals surface area contributed by atoms with Crippen molar-refractivity contribution < 1.29 is 9.52 Å². The second-order valence-corrected chi connectivity index (χ2v) is 5.17. The number of rotatable bonds is 2. The van der Waals surface area contributed by atoms with E-state index in [0.717, 1.165) is 10.6 Å². The van der Waals surface area contributed by atoms with E-state index in [4.69, 9.17) is 4.42 Å². The summed E-state index contributed by atoms with van der Waals surface area (Å²) >= 11 is 1.42. The predicted octanol–water partition coefficient (Wildman–Crippen LogP) is 3.44. The molecule has 1 N–H and O–H groups in total. The first-order chi connectivity index (χ1) is 9.65. The van der Waals surface area contributed by atoms with Gasteiger partial charge in [-0.1, -0.05) is 30.3 Å². The van der Waals surface area contributed by atoms with Crippen LogP contribution < -0.4 is 5.63 Å². The van der Waals surface area contributed by atoms with Crippen molar-refractivity contribution in [3.05, 3.63) is 58.0 Å². The molecule has 0 aliphatic heterocycles. The number of hydrogen-bond acceptors (Lipinski definition) is 5. The lowest BCUT2D eigenvalue weighted by Crippen LogP contribution is -2.04. The first-order valence-electron chi connectivity index (χ1n) is 6.00. The Hall–Kier alpha value is -2.40. The molecule has 4 nitrogen and oxygen atoms in total. The Kier molecular flexibility index (Phi) is 3.12. The van der Waals surface area contributed by atoms with Crippen molar-refractivity contribution in [2.75, 3.05) is 0 Å². The average molecular weight is 285 g/mol. The van der Waals surface area contributed by atoms with E-state index in [9.17, 15) is 9.90 Å². The van der Waals surface area contributed by atoms with E-state index in [2.05, 4.69) is 4.98 Å². The lowest BCUT2D eigenvalue weighted by molar-refractivity contribution is 0.438. The topological polar surface area (TPSA) is 63.3 Å². The molecule has 2 aromatic heterocycles. The number of aromatic nitrogens is 1. The maximum atomic E-state index is 11.8. The van der Waals surface area contributed by atoms with Crippen LogP contribution in [0.4, 0.5) is 0 Å². The van der Waals surface area contributed by atoms with Crippen molar-refractivity contribution in [1.29, 1.82) is 0 Å². The third-order valence-electron chi connectivity index (χ3n) is 2.83. The standard InChI is InChI=1S/C15H11NO3S/c1-9-7-12(17)13(15(18)19-9)11-8-20-14(16-11)10-5-3-2-4-6-10/h2-8,17H,1H3. The highest BCUT2D eigenvalue weighted by atomic mass is 32.1. The Morgan fingerprint density at radius 1 is 1.25 bits per heavy atom. The summed E-state index contributed by atoms with van der Waals surface area (Å²) in [4.78, 5) is 16.2. The van der Waals surface area contributed by atoms with E-state index in [-0.39, 0.29) is 11.3 Å². The molecule has 3 rings (SSSR count). The van der Waals surface area contributed by atoms with E-state index >= 15 is 0 Å². The largest absolute Gasteiger partial charge is 0.507 e. The summed E-state index contributed by atoms with van der Waals surface area (Å²) in [6.45, 7) is 1.61. The summed E-state index contributed by atoms with van der Waals surface area (Å²) in [5, 5.41) is 12.4. The van der Waals surface area contributed by atoms with Gasteiger partial charge in [-0.2, -0.15) is 0 Å². The second-order valence-electron chi connectivity index (χ2n) is 4.31. The molecule has 0 spiro atoms. The molecule has 0 unspecified atom stereocenters. The molecule has 1 aromatic carbocycles. The molecular formula is C15H11NO3S. The average Bonchev–Trinajstić information content (AvgIpc) is 2.88. The van der Waals surface area contributed by atoms with Crippen molar-refractivity contribution >= 4 is 11.3 Å². The molecule has 0 bridgehead atoms. The molecule has 100 valence electrons. The number of nitrogens with zero attached hydrogens (tertiary/aromatic N) is 1. The van der Waals surface area contributed by atoms with Gasteiger partial charge in [0.2, 0.25) is 0 Å². The highest BCUT2D eigenvalue weighted by Gasteiger charge is 2.16. The molecule has 0 aliphatic rings. The van der Waals surface area contributed by atoms with Crippen LogP contribution in [0.2, 0.25) is 0 Å². The van der Waals surface area contributed by atoms with Crippen LogP contribution in [-0.4, -0.2) is 10.1 Å². The van der Waals surface area contributed by atoms with Crippen LogP contribution in [0.1, 0.15) is 5.76 Å². The zero-order chi connectivity index (χ0) is 14.1. The molecule has 0 fully saturated rings. The Balaban J connectivity index is 2.10. The van der Waals surface area contributed by atoms with Gasteiger partial charge in [-0.15, -0.1) is 11.3 Å². The molecule has 2 heterocycles. The lowest BCUT2D eigenvalue weighted by atomic mass is 10.2. The lowest BCUT2D eigenvalue weighted by Gasteiger charge is -2.00. The fourth-order valence-electron chi connectivity index (χ4n) is 1.93. The van der Waals surface area contributed by atoms with Crippen LogP contribution in [0.15, 0.2) is 51.0 Å². The molecule has 0 amide bonds. The van der Waals surface area contributed by atoms with Gasteiger partial charge in [0.25, 0.3) is 0 Å². The smallest absolute Gasteiger partial charge is 0.349 e. The van der Waals surface area contributed by atoms with E-state index in [1.807, 2.05) is 30.3 Å². The highest BCUT2D eigenvalue weighted by Crippen LogP contribution is 2.31. The number of benzene rings is 1. The molecule has 0 saturated heterocycles. The quantitative estimate of drug-likeness (QED) is 0.783. The summed E-state index contributed by atoms with van der Waals surface area (Å²) < 4.78 is 5.01. The zero-order valence-corrected chi connectivity index (χ0v) is 11.5. The number of thiazole rings is 1. The van der Waals surface area contributed by atoms with Crippen LogP contribution >= 0.6 is 11.3 Å². The van der Waals surface area contributed by atoms with Crippen molar-refractivity contribution in [2.24, 2.45) is 0 Å². The first kappa shape index (κ1) is 12.6. The minimum Gasteiger partial charge on any atom is -0.507 e. The molecule has 20 heavy (non-hydrogen) atoms. The number of hydrogen-bond donors (Lipinski definition) is 1. The van der Waals surface area contributed by atoms with E-state index in [1.54, 1.807) is 12.3 Å². The Morgan fingerprint density at radius 3 is 2.70 bits per heavy atom. The molecular weight excluding hydrogens is 274 g/mol. The monoisotopic (exact) mass is 285 g/mol. The van der Waals surface area contributed by atoms with Gasteiger partial charge < -0.3 is 9.52 Å². The van der Waals surface area contributed by atoms with E-state index < -0.39 is 5.63 Å². The molecule has 3 aromatic rings. The fraction of sp³-hybridized carbons (Fsp3) is 0.0667. The van der Waals surface area contributed by atoms with Crippen LogP contribution in [0.25, 0.3) is 21.8 Å². The normalized spacial score (nSPS) is 10.7. The Bertz CT molecular complexity index is 805. The van der Waals surface area contributed by atoms with Gasteiger partial charge in [-0.05, 0) is 6.92 Å². The third-order valence-corrected chi connectivity index (χ3v) is 3.73. The maximum Gasteiger partial charge on any atom is 0.349 e. The van der Waals surface area contributed by atoms with Crippen LogP contribution in [0.5, 0.6) is 5.75 Å². The second kappa shape index (κ2) is 4.94. The van der Waals surface area contributed by atoms with Gasteiger partial charge in [-0.3, -0.25) is 0 Å². The molecule has 0 radical (unpaired) electrons. The van der Waals surface area contributed by atoms with Crippen molar-refractivity contribution in [3.8, 4) is 27.6 Å². The SMILES string of the molecule is Cc1cc(O)c(-c2csc(-c3ccccc3)n2)c(=O)o1. The summed E-state index contributed by atoms with van der Waals surface area (Å²) in [5.74, 6) is 0.262. The molecule has 0 saturated carbocycles. The summed E-state index contributed by atoms with van der Waals surface area (Å²) in [7, 11) is 0. The fourth-order valence-corrected chi connectivity index (χ4v) is 2.75. The number of aromatic hydroxyl groups is 1. The Labute approximate surface area is 119 Å². The zero-order valence-electron chi connectivity index (χ0n) is 10.7. The van der Waals surface area contributed by atoms with Crippen LogP contribution in [-0.2, 0) is 0 Å². The molecule has 5 heteroatoms. The number of aryl methyl sites for hydroxylation is 1. The summed E-state index contributed by atoms with van der Waals surface area (Å²) in [6, 6.07) is 11.1. The van der Waals surface area contributed by atoms with Crippen LogP contribution in [0.3, 0.4) is 0 Å². The van der Waals surface area contributed by atoms with Crippen molar-refractivity contribution in [2.45, 2.75) is 6.92 Å². The van der Waals surface area contributed by atoms with Gasteiger partial charge in [0.15, 0.2) is 0 Å².